The minimum atomic E-state index is -1.10. The fourth-order valence-electron chi connectivity index (χ4n) is 5.96. The Bertz CT molecular complexity index is 811. The largest absolute Gasteiger partial charge is 0.465 e. The van der Waals surface area contributed by atoms with Crippen LogP contribution in [-0.2, 0) is 23.9 Å². The van der Waals surface area contributed by atoms with E-state index in [1.807, 2.05) is 27.7 Å². The fraction of sp³-hybridized carbons (Fsp3) is 0.731. The molecule has 3 aliphatic heterocycles. The Morgan fingerprint density at radius 2 is 2.00 bits per heavy atom. The smallest absolute Gasteiger partial charge is 0.312 e. The number of hydrogen-bond acceptors (Lipinski definition) is 6. The SMILES string of the molecule is C=CCCCOC(=O)[C@@H]1[C@H]2C(=O)N([C@@H](CO)C(C)C)C(C(=O)N(CC=C)C(C)C)C23CC[C@H]1O3. The van der Waals surface area contributed by atoms with E-state index in [1.54, 1.807) is 17.1 Å². The van der Waals surface area contributed by atoms with Crippen LogP contribution in [0.2, 0.25) is 0 Å². The summed E-state index contributed by atoms with van der Waals surface area (Å²) in [5.41, 5.74) is -1.10. The first-order valence-corrected chi connectivity index (χ1v) is 12.5. The summed E-state index contributed by atoms with van der Waals surface area (Å²) in [6, 6.07) is -1.59. The summed E-state index contributed by atoms with van der Waals surface area (Å²) in [5, 5.41) is 10.2. The van der Waals surface area contributed by atoms with Crippen molar-refractivity contribution in [3.05, 3.63) is 25.3 Å². The van der Waals surface area contributed by atoms with E-state index >= 15 is 0 Å². The summed E-state index contributed by atoms with van der Waals surface area (Å²) in [4.78, 5) is 44.3. The molecular weight excluding hydrogens is 436 g/mol. The molecule has 2 bridgehead atoms. The van der Waals surface area contributed by atoms with Crippen molar-refractivity contribution in [1.29, 1.82) is 0 Å². The highest BCUT2D eigenvalue weighted by molar-refractivity contribution is 5.98. The van der Waals surface area contributed by atoms with E-state index in [-0.39, 0.29) is 37.0 Å². The van der Waals surface area contributed by atoms with Gasteiger partial charge in [0.1, 0.15) is 11.6 Å². The lowest BCUT2D eigenvalue weighted by Crippen LogP contribution is -2.60. The molecule has 8 heteroatoms. The molecule has 1 N–H and O–H groups in total. The predicted molar refractivity (Wildman–Crippen MR) is 128 cm³/mol. The van der Waals surface area contributed by atoms with Crippen LogP contribution in [0.3, 0.4) is 0 Å². The number of fused-ring (bicyclic) bond motifs is 1. The van der Waals surface area contributed by atoms with E-state index in [4.69, 9.17) is 9.47 Å². The molecule has 0 aromatic carbocycles. The molecule has 1 spiro atoms. The molecule has 3 saturated heterocycles. The van der Waals surface area contributed by atoms with E-state index in [0.29, 0.717) is 25.8 Å². The number of rotatable bonds is 12. The maximum absolute atomic E-state index is 14.0. The van der Waals surface area contributed by atoms with E-state index in [9.17, 15) is 19.5 Å². The molecular formula is C26H40N2O6. The third-order valence-corrected chi connectivity index (χ3v) is 7.59. The molecule has 6 atom stereocenters. The lowest BCUT2D eigenvalue weighted by molar-refractivity contribution is -0.157. The van der Waals surface area contributed by atoms with Crippen molar-refractivity contribution in [2.75, 3.05) is 19.8 Å². The number of carbonyl (C=O) groups excluding carboxylic acids is 3. The molecule has 8 nitrogen and oxygen atoms in total. The summed E-state index contributed by atoms with van der Waals surface area (Å²) in [5.74, 6) is -2.61. The first-order valence-electron chi connectivity index (χ1n) is 12.5. The second-order valence-corrected chi connectivity index (χ2v) is 10.3. The van der Waals surface area contributed by atoms with Gasteiger partial charge in [0.25, 0.3) is 0 Å². The van der Waals surface area contributed by atoms with Gasteiger partial charge in [-0.1, -0.05) is 26.0 Å². The molecule has 0 aromatic rings. The van der Waals surface area contributed by atoms with Crippen LogP contribution in [0.25, 0.3) is 0 Å². The molecule has 0 aromatic heterocycles. The zero-order valence-electron chi connectivity index (χ0n) is 20.9. The Morgan fingerprint density at radius 3 is 2.56 bits per heavy atom. The van der Waals surface area contributed by atoms with Gasteiger partial charge >= 0.3 is 5.97 Å². The topological polar surface area (TPSA) is 96.4 Å². The number of likely N-dealkylation sites (tertiary alicyclic amines) is 1. The van der Waals surface area contributed by atoms with E-state index < -0.39 is 41.6 Å². The van der Waals surface area contributed by atoms with Crippen LogP contribution in [0.15, 0.2) is 25.3 Å². The quantitative estimate of drug-likeness (QED) is 0.264. The number of esters is 1. The predicted octanol–water partition coefficient (Wildman–Crippen LogP) is 2.31. The zero-order valence-corrected chi connectivity index (χ0v) is 20.9. The third kappa shape index (κ3) is 4.31. The fourth-order valence-corrected chi connectivity index (χ4v) is 5.96. The molecule has 0 radical (unpaired) electrons. The van der Waals surface area contributed by atoms with Gasteiger partial charge < -0.3 is 24.4 Å². The molecule has 3 rings (SSSR count). The Morgan fingerprint density at radius 1 is 1.29 bits per heavy atom. The highest BCUT2D eigenvalue weighted by Crippen LogP contribution is 2.59. The van der Waals surface area contributed by atoms with Gasteiger partial charge in [0.05, 0.1) is 37.2 Å². The number of aliphatic hydroxyl groups is 1. The minimum Gasteiger partial charge on any atom is -0.465 e. The number of hydrogen-bond donors (Lipinski definition) is 1. The number of aliphatic hydroxyl groups excluding tert-OH is 1. The van der Waals surface area contributed by atoms with Crippen LogP contribution in [-0.4, -0.2) is 82.3 Å². The Kier molecular flexibility index (Phi) is 8.24. The average molecular weight is 477 g/mol. The number of amides is 2. The number of unbranched alkanes of at least 4 members (excludes halogenated alkanes) is 1. The number of ether oxygens (including phenoxy) is 2. The van der Waals surface area contributed by atoms with Crippen molar-refractivity contribution in [2.24, 2.45) is 17.8 Å². The lowest BCUT2D eigenvalue weighted by Gasteiger charge is -2.41. The van der Waals surface area contributed by atoms with Crippen molar-refractivity contribution in [3.8, 4) is 0 Å². The highest BCUT2D eigenvalue weighted by Gasteiger charge is 2.75. The third-order valence-electron chi connectivity index (χ3n) is 7.59. The van der Waals surface area contributed by atoms with Crippen LogP contribution in [0.4, 0.5) is 0 Å². The monoisotopic (exact) mass is 476 g/mol. The van der Waals surface area contributed by atoms with Crippen LogP contribution in [0.1, 0.15) is 53.4 Å². The van der Waals surface area contributed by atoms with Gasteiger partial charge in [-0.25, -0.2) is 0 Å². The molecule has 2 unspecified atom stereocenters. The molecule has 3 fully saturated rings. The van der Waals surface area contributed by atoms with Gasteiger partial charge in [-0.3, -0.25) is 14.4 Å². The second-order valence-electron chi connectivity index (χ2n) is 10.3. The van der Waals surface area contributed by atoms with Gasteiger partial charge in [-0.2, -0.15) is 0 Å². The van der Waals surface area contributed by atoms with Crippen LogP contribution >= 0.6 is 0 Å². The van der Waals surface area contributed by atoms with Crippen LogP contribution < -0.4 is 0 Å². The van der Waals surface area contributed by atoms with Crippen molar-refractivity contribution in [3.63, 3.8) is 0 Å². The van der Waals surface area contributed by atoms with Crippen molar-refractivity contribution in [2.45, 2.75) is 83.2 Å². The standard InChI is InChI=1S/C26H40N2O6/c1-7-9-10-14-33-25(32)20-19-11-12-26(34-19)21(20)23(30)28(18(15-29)16(3)4)22(26)24(31)27(13-8-2)17(5)6/h7-8,16-22,29H,1-2,9-15H2,3-6H3/t18-,19+,20-,21-,22?,26?/m0/s1. The summed E-state index contributed by atoms with van der Waals surface area (Å²) in [7, 11) is 0. The van der Waals surface area contributed by atoms with Crippen LogP contribution in [0.5, 0.6) is 0 Å². The summed E-state index contributed by atoms with van der Waals surface area (Å²) >= 11 is 0. The molecule has 34 heavy (non-hydrogen) atoms. The molecule has 3 aliphatic rings. The normalized spacial score (nSPS) is 30.6. The first-order chi connectivity index (χ1) is 16.2. The highest BCUT2D eigenvalue weighted by atomic mass is 16.6. The molecule has 2 amide bonds. The number of carbonyl (C=O) groups is 3. The van der Waals surface area contributed by atoms with E-state index in [1.165, 1.54) is 4.90 Å². The zero-order chi connectivity index (χ0) is 25.2. The molecule has 0 saturated carbocycles. The van der Waals surface area contributed by atoms with E-state index in [2.05, 4.69) is 13.2 Å². The average Bonchev–Trinajstić information content (AvgIpc) is 3.42. The van der Waals surface area contributed by atoms with Crippen LogP contribution in [0, 0.1) is 17.8 Å². The number of nitrogens with zero attached hydrogens (tertiary/aromatic N) is 2. The molecule has 3 heterocycles. The summed E-state index contributed by atoms with van der Waals surface area (Å²) in [6.07, 6.45) is 5.47. The summed E-state index contributed by atoms with van der Waals surface area (Å²) < 4.78 is 12.0. The van der Waals surface area contributed by atoms with Gasteiger partial charge in [0.2, 0.25) is 11.8 Å². The Balaban J connectivity index is 2.01. The minimum absolute atomic E-state index is 0.0899. The van der Waals surface area contributed by atoms with Gasteiger partial charge in [0.15, 0.2) is 0 Å². The number of allylic oxidation sites excluding steroid dienone is 1. The van der Waals surface area contributed by atoms with Gasteiger partial charge in [-0.15, -0.1) is 13.2 Å². The first kappa shape index (κ1) is 26.4. The van der Waals surface area contributed by atoms with Crippen molar-refractivity contribution in [1.82, 2.24) is 9.80 Å². The second kappa shape index (κ2) is 10.6. The lowest BCUT2D eigenvalue weighted by atomic mass is 9.70. The maximum atomic E-state index is 14.0. The Labute approximate surface area is 202 Å². The van der Waals surface area contributed by atoms with Gasteiger partial charge in [-0.05, 0) is 45.4 Å². The maximum Gasteiger partial charge on any atom is 0.312 e. The van der Waals surface area contributed by atoms with Crippen molar-refractivity contribution < 1.29 is 29.0 Å². The molecule has 0 aliphatic carbocycles. The summed E-state index contributed by atoms with van der Waals surface area (Å²) in [6.45, 7) is 15.4. The molecule has 190 valence electrons. The van der Waals surface area contributed by atoms with Crippen molar-refractivity contribution >= 4 is 17.8 Å². The van der Waals surface area contributed by atoms with E-state index in [0.717, 1.165) is 6.42 Å². The Hall–Kier alpha value is -2.19. The van der Waals surface area contributed by atoms with Gasteiger partial charge in [0, 0.05) is 12.6 Å².